The molecule has 5 heteroatoms. The standard InChI is InChI=1S/C21H28N2O2S/c1-16(15-19-7-6-14-26-19)22-21(24)23-13-5-3-4-8-20(23)17-9-11-18(25-2)12-10-17/h6-7,9-12,14,16,20H,3-5,8,13,15H2,1-2H3,(H,22,24). The van der Waals surface area contributed by atoms with Gasteiger partial charge in [0.2, 0.25) is 0 Å². The first-order valence-electron chi connectivity index (χ1n) is 9.41. The molecule has 2 unspecified atom stereocenters. The predicted molar refractivity (Wildman–Crippen MR) is 107 cm³/mol. The maximum atomic E-state index is 13.0. The topological polar surface area (TPSA) is 41.6 Å². The van der Waals surface area contributed by atoms with Crippen molar-refractivity contribution in [3.8, 4) is 5.75 Å². The number of benzene rings is 1. The van der Waals surface area contributed by atoms with Gasteiger partial charge in [-0.05, 0) is 48.9 Å². The second kappa shape index (κ2) is 9.08. The van der Waals surface area contributed by atoms with Crippen LogP contribution in [0.1, 0.15) is 49.1 Å². The van der Waals surface area contributed by atoms with E-state index in [0.29, 0.717) is 0 Å². The third kappa shape index (κ3) is 4.79. The summed E-state index contributed by atoms with van der Waals surface area (Å²) >= 11 is 1.74. The molecule has 0 aliphatic carbocycles. The molecule has 140 valence electrons. The van der Waals surface area contributed by atoms with Crippen LogP contribution in [0.3, 0.4) is 0 Å². The number of thiophene rings is 1. The molecule has 0 saturated carbocycles. The summed E-state index contributed by atoms with van der Waals surface area (Å²) in [5.41, 5.74) is 1.19. The van der Waals surface area contributed by atoms with Crippen molar-refractivity contribution in [2.45, 2.75) is 51.1 Å². The van der Waals surface area contributed by atoms with Crippen molar-refractivity contribution in [3.63, 3.8) is 0 Å². The fourth-order valence-corrected chi connectivity index (χ4v) is 4.43. The lowest BCUT2D eigenvalue weighted by atomic mass is 10.0. The number of urea groups is 1. The molecule has 2 amide bonds. The Hall–Kier alpha value is -2.01. The highest BCUT2D eigenvalue weighted by Gasteiger charge is 2.27. The summed E-state index contributed by atoms with van der Waals surface area (Å²) in [6.45, 7) is 2.89. The van der Waals surface area contributed by atoms with Crippen LogP contribution in [0.5, 0.6) is 5.75 Å². The van der Waals surface area contributed by atoms with E-state index in [1.54, 1.807) is 18.4 Å². The lowest BCUT2D eigenvalue weighted by Crippen LogP contribution is -2.46. The molecule has 1 N–H and O–H groups in total. The molecule has 1 aromatic carbocycles. The normalized spacial score (nSPS) is 18.8. The van der Waals surface area contributed by atoms with E-state index in [2.05, 4.69) is 41.9 Å². The van der Waals surface area contributed by atoms with Gasteiger partial charge in [-0.15, -0.1) is 11.3 Å². The van der Waals surface area contributed by atoms with Crippen molar-refractivity contribution in [1.82, 2.24) is 10.2 Å². The van der Waals surface area contributed by atoms with E-state index >= 15 is 0 Å². The Balaban J connectivity index is 1.69. The van der Waals surface area contributed by atoms with Crippen LogP contribution in [0.15, 0.2) is 41.8 Å². The van der Waals surface area contributed by atoms with Gasteiger partial charge in [-0.3, -0.25) is 0 Å². The molecule has 2 atom stereocenters. The quantitative estimate of drug-likeness (QED) is 0.801. The lowest BCUT2D eigenvalue weighted by molar-refractivity contribution is 0.172. The minimum atomic E-state index is 0.0526. The Labute approximate surface area is 160 Å². The number of likely N-dealkylation sites (tertiary alicyclic amines) is 1. The number of nitrogens with zero attached hydrogens (tertiary/aromatic N) is 1. The van der Waals surface area contributed by atoms with E-state index in [1.165, 1.54) is 16.9 Å². The molecule has 1 saturated heterocycles. The van der Waals surface area contributed by atoms with Gasteiger partial charge in [0.05, 0.1) is 13.2 Å². The fraction of sp³-hybridized carbons (Fsp3) is 0.476. The Morgan fingerprint density at radius 2 is 2.08 bits per heavy atom. The minimum absolute atomic E-state index is 0.0526. The largest absolute Gasteiger partial charge is 0.497 e. The van der Waals surface area contributed by atoms with Crippen molar-refractivity contribution in [2.75, 3.05) is 13.7 Å². The maximum absolute atomic E-state index is 13.0. The van der Waals surface area contributed by atoms with Crippen molar-refractivity contribution >= 4 is 17.4 Å². The van der Waals surface area contributed by atoms with Crippen LogP contribution < -0.4 is 10.1 Å². The zero-order valence-electron chi connectivity index (χ0n) is 15.6. The number of nitrogens with one attached hydrogen (secondary N) is 1. The molecule has 1 aliphatic heterocycles. The fourth-order valence-electron chi connectivity index (χ4n) is 3.60. The van der Waals surface area contributed by atoms with Gasteiger partial charge in [-0.25, -0.2) is 4.79 Å². The Bertz CT molecular complexity index is 685. The molecule has 0 spiro atoms. The number of hydrogen-bond donors (Lipinski definition) is 1. The summed E-state index contributed by atoms with van der Waals surface area (Å²) in [6.07, 6.45) is 5.30. The first-order valence-corrected chi connectivity index (χ1v) is 10.3. The van der Waals surface area contributed by atoms with Crippen molar-refractivity contribution < 1.29 is 9.53 Å². The number of carbonyl (C=O) groups is 1. The third-order valence-corrected chi connectivity index (χ3v) is 5.87. The highest BCUT2D eigenvalue weighted by molar-refractivity contribution is 7.09. The van der Waals surface area contributed by atoms with Gasteiger partial charge in [0.25, 0.3) is 0 Å². The molecule has 0 radical (unpaired) electrons. The number of hydrogen-bond acceptors (Lipinski definition) is 3. The van der Waals surface area contributed by atoms with Crippen LogP contribution >= 0.6 is 11.3 Å². The molecule has 0 bridgehead atoms. The van der Waals surface area contributed by atoms with Crippen molar-refractivity contribution in [3.05, 3.63) is 52.2 Å². The number of carbonyl (C=O) groups excluding carboxylic acids is 1. The molecule has 1 fully saturated rings. The maximum Gasteiger partial charge on any atom is 0.318 e. The van der Waals surface area contributed by atoms with Crippen LogP contribution in [-0.2, 0) is 6.42 Å². The van der Waals surface area contributed by atoms with Crippen LogP contribution in [0, 0.1) is 0 Å². The first-order chi connectivity index (χ1) is 12.7. The van der Waals surface area contributed by atoms with Gasteiger partial charge < -0.3 is 15.0 Å². The highest BCUT2D eigenvalue weighted by Crippen LogP contribution is 2.31. The van der Waals surface area contributed by atoms with Crippen LogP contribution in [0.2, 0.25) is 0 Å². The van der Waals surface area contributed by atoms with Gasteiger partial charge in [0, 0.05) is 23.9 Å². The lowest BCUT2D eigenvalue weighted by Gasteiger charge is -2.32. The summed E-state index contributed by atoms with van der Waals surface area (Å²) in [4.78, 5) is 16.3. The first kappa shape index (κ1) is 18.8. The Morgan fingerprint density at radius 3 is 2.77 bits per heavy atom. The monoisotopic (exact) mass is 372 g/mol. The summed E-state index contributed by atoms with van der Waals surface area (Å²) in [6, 6.07) is 12.6. The van der Waals surface area contributed by atoms with Crippen LogP contribution in [0.4, 0.5) is 4.79 Å². The molecule has 3 rings (SSSR count). The molecule has 2 heterocycles. The molecule has 26 heavy (non-hydrogen) atoms. The van der Waals surface area contributed by atoms with Gasteiger partial charge in [-0.1, -0.05) is 31.0 Å². The van der Waals surface area contributed by atoms with E-state index in [1.807, 2.05) is 17.0 Å². The van der Waals surface area contributed by atoms with E-state index in [0.717, 1.165) is 38.0 Å². The SMILES string of the molecule is COc1ccc(C2CCCCCN2C(=O)NC(C)Cc2cccs2)cc1. The molecular formula is C21H28N2O2S. The van der Waals surface area contributed by atoms with Crippen LogP contribution in [-0.4, -0.2) is 30.6 Å². The summed E-state index contributed by atoms with van der Waals surface area (Å²) in [7, 11) is 1.68. The summed E-state index contributed by atoms with van der Waals surface area (Å²) < 4.78 is 5.27. The zero-order valence-corrected chi connectivity index (χ0v) is 16.4. The summed E-state index contributed by atoms with van der Waals surface area (Å²) in [5.74, 6) is 0.850. The second-order valence-corrected chi connectivity index (χ2v) is 8.00. The highest BCUT2D eigenvalue weighted by atomic mass is 32.1. The second-order valence-electron chi connectivity index (χ2n) is 6.97. The average molecular weight is 373 g/mol. The van der Waals surface area contributed by atoms with E-state index in [9.17, 15) is 4.79 Å². The van der Waals surface area contributed by atoms with Crippen molar-refractivity contribution in [1.29, 1.82) is 0 Å². The summed E-state index contributed by atoms with van der Waals surface area (Å²) in [5, 5.41) is 5.29. The molecule has 1 aromatic heterocycles. The number of ether oxygens (including phenoxy) is 1. The number of amides is 2. The molecular weight excluding hydrogens is 344 g/mol. The predicted octanol–water partition coefficient (Wildman–Crippen LogP) is 5.01. The van der Waals surface area contributed by atoms with Gasteiger partial charge in [0.1, 0.15) is 5.75 Å². The van der Waals surface area contributed by atoms with E-state index < -0.39 is 0 Å². The minimum Gasteiger partial charge on any atom is -0.497 e. The molecule has 4 nitrogen and oxygen atoms in total. The van der Waals surface area contributed by atoms with Gasteiger partial charge >= 0.3 is 6.03 Å². The molecule has 2 aromatic rings. The Kier molecular flexibility index (Phi) is 6.56. The van der Waals surface area contributed by atoms with Crippen molar-refractivity contribution in [2.24, 2.45) is 0 Å². The van der Waals surface area contributed by atoms with Gasteiger partial charge in [0.15, 0.2) is 0 Å². The van der Waals surface area contributed by atoms with Crippen LogP contribution in [0.25, 0.3) is 0 Å². The number of methoxy groups -OCH3 is 1. The third-order valence-electron chi connectivity index (χ3n) is 4.97. The Morgan fingerprint density at radius 1 is 1.27 bits per heavy atom. The van der Waals surface area contributed by atoms with Gasteiger partial charge in [-0.2, -0.15) is 0 Å². The molecule has 1 aliphatic rings. The van der Waals surface area contributed by atoms with E-state index in [-0.39, 0.29) is 18.1 Å². The van der Waals surface area contributed by atoms with E-state index in [4.69, 9.17) is 4.74 Å². The smallest absolute Gasteiger partial charge is 0.318 e. The number of rotatable bonds is 5. The average Bonchev–Trinajstić information content (AvgIpc) is 3.02. The zero-order chi connectivity index (χ0) is 18.4.